The molecule has 1 amide bonds. The van der Waals surface area contributed by atoms with Crippen LogP contribution in [0.25, 0.3) is 22.6 Å². The quantitative estimate of drug-likeness (QED) is 0.403. The summed E-state index contributed by atoms with van der Waals surface area (Å²) in [5.74, 6) is 0.0747. The molecule has 3 aromatic carbocycles. The summed E-state index contributed by atoms with van der Waals surface area (Å²) >= 11 is 18.2. The van der Waals surface area contributed by atoms with E-state index in [-0.39, 0.29) is 5.91 Å². The lowest BCUT2D eigenvalue weighted by Crippen LogP contribution is -2.12. The van der Waals surface area contributed by atoms with E-state index in [0.717, 1.165) is 0 Å². The van der Waals surface area contributed by atoms with Crippen LogP contribution in [0.4, 0.5) is 5.69 Å². The van der Waals surface area contributed by atoms with Gasteiger partial charge in [0.2, 0.25) is 5.89 Å². The highest BCUT2D eigenvalue weighted by molar-refractivity contribution is 6.36. The molecule has 0 radical (unpaired) electrons. The number of benzene rings is 3. The summed E-state index contributed by atoms with van der Waals surface area (Å²) in [6.45, 7) is 0. The summed E-state index contributed by atoms with van der Waals surface area (Å²) in [6, 6.07) is 17.1. The number of nitrogens with zero attached hydrogens (tertiary/aromatic N) is 1. The van der Waals surface area contributed by atoms with E-state index in [1.165, 1.54) is 0 Å². The summed E-state index contributed by atoms with van der Waals surface area (Å²) in [7, 11) is 0. The molecule has 0 atom stereocenters. The lowest BCUT2D eigenvalue weighted by atomic mass is 10.2. The van der Waals surface area contributed by atoms with Crippen molar-refractivity contribution in [3.8, 4) is 11.5 Å². The molecule has 134 valence electrons. The van der Waals surface area contributed by atoms with Gasteiger partial charge in [-0.05, 0) is 48.5 Å². The van der Waals surface area contributed by atoms with E-state index in [9.17, 15) is 4.79 Å². The number of rotatable bonds is 3. The first-order valence-corrected chi connectivity index (χ1v) is 9.06. The Bertz CT molecular complexity index is 1170. The van der Waals surface area contributed by atoms with Gasteiger partial charge in [0.15, 0.2) is 5.58 Å². The summed E-state index contributed by atoms with van der Waals surface area (Å²) in [6.07, 6.45) is 0. The SMILES string of the molecule is O=C(Nc1ccc2oc(-c3ccc(Cl)cc3Cl)nc2c1)c1ccccc1Cl. The molecule has 0 fully saturated rings. The Hall–Kier alpha value is -2.53. The van der Waals surface area contributed by atoms with Gasteiger partial charge in [0, 0.05) is 10.7 Å². The highest BCUT2D eigenvalue weighted by Crippen LogP contribution is 2.32. The first-order chi connectivity index (χ1) is 13.0. The Morgan fingerprint density at radius 2 is 1.74 bits per heavy atom. The third kappa shape index (κ3) is 3.65. The van der Waals surface area contributed by atoms with Gasteiger partial charge in [-0.15, -0.1) is 0 Å². The molecule has 0 aliphatic heterocycles. The minimum atomic E-state index is -0.301. The fourth-order valence-corrected chi connectivity index (χ4v) is 3.34. The Morgan fingerprint density at radius 1 is 0.926 bits per heavy atom. The minimum Gasteiger partial charge on any atom is -0.436 e. The normalized spacial score (nSPS) is 10.9. The van der Waals surface area contributed by atoms with Crippen molar-refractivity contribution in [2.24, 2.45) is 0 Å². The molecule has 0 unspecified atom stereocenters. The number of oxazole rings is 1. The molecule has 0 aliphatic rings. The van der Waals surface area contributed by atoms with Gasteiger partial charge in [0.1, 0.15) is 5.52 Å². The van der Waals surface area contributed by atoms with Crippen molar-refractivity contribution in [2.45, 2.75) is 0 Å². The Kier molecular flexibility index (Phi) is 4.79. The molecule has 4 nitrogen and oxygen atoms in total. The van der Waals surface area contributed by atoms with Crippen LogP contribution in [0.1, 0.15) is 10.4 Å². The number of aromatic nitrogens is 1. The van der Waals surface area contributed by atoms with Crippen molar-refractivity contribution in [2.75, 3.05) is 5.32 Å². The van der Waals surface area contributed by atoms with E-state index in [1.54, 1.807) is 60.7 Å². The molecule has 0 saturated carbocycles. The van der Waals surface area contributed by atoms with Crippen molar-refractivity contribution < 1.29 is 9.21 Å². The molecule has 1 N–H and O–H groups in total. The van der Waals surface area contributed by atoms with E-state index in [0.29, 0.717) is 48.9 Å². The second kappa shape index (κ2) is 7.24. The number of fused-ring (bicyclic) bond motifs is 1. The number of nitrogens with one attached hydrogen (secondary N) is 1. The number of amides is 1. The van der Waals surface area contributed by atoms with Crippen LogP contribution in [0.2, 0.25) is 15.1 Å². The van der Waals surface area contributed by atoms with Gasteiger partial charge in [0.05, 0.1) is 21.2 Å². The van der Waals surface area contributed by atoms with E-state index >= 15 is 0 Å². The van der Waals surface area contributed by atoms with Crippen molar-refractivity contribution in [3.05, 3.63) is 81.3 Å². The molecule has 1 aromatic heterocycles. The fourth-order valence-electron chi connectivity index (χ4n) is 2.63. The van der Waals surface area contributed by atoms with Crippen LogP contribution in [0.5, 0.6) is 0 Å². The van der Waals surface area contributed by atoms with Crippen LogP contribution < -0.4 is 5.32 Å². The molecule has 27 heavy (non-hydrogen) atoms. The fraction of sp³-hybridized carbons (Fsp3) is 0. The lowest BCUT2D eigenvalue weighted by molar-refractivity contribution is 0.102. The Morgan fingerprint density at radius 3 is 2.52 bits per heavy atom. The number of hydrogen-bond donors (Lipinski definition) is 1. The number of anilines is 1. The zero-order chi connectivity index (χ0) is 19.0. The van der Waals surface area contributed by atoms with E-state index in [2.05, 4.69) is 10.3 Å². The molecule has 7 heteroatoms. The van der Waals surface area contributed by atoms with Crippen molar-refractivity contribution in [1.82, 2.24) is 4.98 Å². The number of hydrogen-bond acceptors (Lipinski definition) is 3. The lowest BCUT2D eigenvalue weighted by Gasteiger charge is -2.06. The van der Waals surface area contributed by atoms with Crippen LogP contribution >= 0.6 is 34.8 Å². The maximum Gasteiger partial charge on any atom is 0.257 e. The smallest absolute Gasteiger partial charge is 0.257 e. The predicted molar refractivity (Wildman–Crippen MR) is 109 cm³/mol. The third-order valence-electron chi connectivity index (χ3n) is 3.93. The second-order valence-electron chi connectivity index (χ2n) is 5.76. The van der Waals surface area contributed by atoms with Crippen molar-refractivity contribution >= 4 is 57.5 Å². The summed E-state index contributed by atoms with van der Waals surface area (Å²) in [5.41, 5.74) is 2.78. The van der Waals surface area contributed by atoms with Crippen LogP contribution in [-0.4, -0.2) is 10.9 Å². The maximum atomic E-state index is 12.4. The van der Waals surface area contributed by atoms with Crippen LogP contribution in [0.3, 0.4) is 0 Å². The van der Waals surface area contributed by atoms with E-state index < -0.39 is 0 Å². The summed E-state index contributed by atoms with van der Waals surface area (Å²) in [4.78, 5) is 16.9. The molecule has 4 aromatic rings. The van der Waals surface area contributed by atoms with Crippen LogP contribution in [0.15, 0.2) is 65.1 Å². The van der Waals surface area contributed by atoms with Crippen LogP contribution in [-0.2, 0) is 0 Å². The Labute approximate surface area is 169 Å². The number of carbonyl (C=O) groups excluding carboxylic acids is 1. The topological polar surface area (TPSA) is 55.1 Å². The molecule has 0 saturated heterocycles. The van der Waals surface area contributed by atoms with Gasteiger partial charge in [0.25, 0.3) is 5.91 Å². The van der Waals surface area contributed by atoms with Gasteiger partial charge < -0.3 is 9.73 Å². The van der Waals surface area contributed by atoms with Crippen molar-refractivity contribution in [3.63, 3.8) is 0 Å². The third-order valence-corrected chi connectivity index (χ3v) is 4.80. The highest BCUT2D eigenvalue weighted by atomic mass is 35.5. The predicted octanol–water partition coefficient (Wildman–Crippen LogP) is 6.71. The average Bonchev–Trinajstić information content (AvgIpc) is 3.05. The van der Waals surface area contributed by atoms with Crippen molar-refractivity contribution in [1.29, 1.82) is 0 Å². The largest absolute Gasteiger partial charge is 0.436 e. The highest BCUT2D eigenvalue weighted by Gasteiger charge is 2.14. The molecule has 4 rings (SSSR count). The first-order valence-electron chi connectivity index (χ1n) is 7.93. The maximum absolute atomic E-state index is 12.4. The van der Waals surface area contributed by atoms with E-state index in [1.807, 2.05) is 0 Å². The van der Waals surface area contributed by atoms with Gasteiger partial charge in [-0.3, -0.25) is 4.79 Å². The molecule has 0 aliphatic carbocycles. The molecular weight excluding hydrogens is 407 g/mol. The minimum absolute atomic E-state index is 0.301. The zero-order valence-corrected chi connectivity index (χ0v) is 15.9. The van der Waals surface area contributed by atoms with Gasteiger partial charge in [-0.25, -0.2) is 4.98 Å². The molecule has 0 spiro atoms. The average molecular weight is 418 g/mol. The van der Waals surface area contributed by atoms with Gasteiger partial charge >= 0.3 is 0 Å². The second-order valence-corrected chi connectivity index (χ2v) is 7.01. The molecule has 1 heterocycles. The number of carbonyl (C=O) groups is 1. The zero-order valence-electron chi connectivity index (χ0n) is 13.7. The Balaban J connectivity index is 1.65. The standard InChI is InChI=1S/C20H11Cl3N2O2/c21-11-5-7-14(16(23)9-11)20-25-17-10-12(6-8-18(17)27-20)24-19(26)13-3-1-2-4-15(13)22/h1-10H,(H,24,26). The number of halogens is 3. The van der Waals surface area contributed by atoms with Crippen LogP contribution in [0, 0.1) is 0 Å². The van der Waals surface area contributed by atoms with E-state index in [4.69, 9.17) is 39.2 Å². The first kappa shape index (κ1) is 17.9. The monoisotopic (exact) mass is 416 g/mol. The summed E-state index contributed by atoms with van der Waals surface area (Å²) in [5, 5.41) is 4.17. The summed E-state index contributed by atoms with van der Waals surface area (Å²) < 4.78 is 5.77. The van der Waals surface area contributed by atoms with Gasteiger partial charge in [-0.1, -0.05) is 46.9 Å². The molecule has 0 bridgehead atoms. The molecular formula is C20H11Cl3N2O2. The van der Waals surface area contributed by atoms with Gasteiger partial charge in [-0.2, -0.15) is 0 Å².